The monoisotopic (exact) mass is 290 g/mol. The molecule has 114 valence electrons. The number of anilines is 1. The summed E-state index contributed by atoms with van der Waals surface area (Å²) in [4.78, 5) is 27.8. The van der Waals surface area contributed by atoms with Gasteiger partial charge in [0.2, 0.25) is 5.91 Å². The van der Waals surface area contributed by atoms with E-state index in [-0.39, 0.29) is 5.56 Å². The lowest BCUT2D eigenvalue weighted by molar-refractivity contribution is -0.130. The van der Waals surface area contributed by atoms with Crippen molar-refractivity contribution in [1.29, 1.82) is 0 Å². The van der Waals surface area contributed by atoms with Gasteiger partial charge in [-0.15, -0.1) is 0 Å². The van der Waals surface area contributed by atoms with Crippen LogP contribution >= 0.6 is 0 Å². The lowest BCUT2D eigenvalue weighted by Gasteiger charge is -2.37. The Bertz CT molecular complexity index is 583. The lowest BCUT2D eigenvalue weighted by Crippen LogP contribution is -2.51. The van der Waals surface area contributed by atoms with Gasteiger partial charge in [0.05, 0.1) is 0 Å². The normalized spacial score (nSPS) is 22.6. The lowest BCUT2D eigenvalue weighted by atomic mass is 10.1. The molecule has 6 nitrogen and oxygen atoms in total. The van der Waals surface area contributed by atoms with Gasteiger partial charge in [0.1, 0.15) is 0 Å². The molecule has 1 aromatic rings. The fraction of sp³-hybridized carbons (Fsp3) is 0.600. The number of piperazine rings is 1. The minimum atomic E-state index is -0.00425. The number of hydrogen-bond acceptors (Lipinski definition) is 4. The Morgan fingerprint density at radius 2 is 2.05 bits per heavy atom. The second kappa shape index (κ2) is 5.89. The van der Waals surface area contributed by atoms with Crippen molar-refractivity contribution >= 4 is 11.6 Å². The van der Waals surface area contributed by atoms with Crippen molar-refractivity contribution in [2.75, 3.05) is 31.9 Å². The molecule has 0 radical (unpaired) electrons. The first-order valence-corrected chi connectivity index (χ1v) is 7.61. The number of fused-ring (bicyclic) bond motifs is 1. The summed E-state index contributed by atoms with van der Waals surface area (Å²) in [5.41, 5.74) is 6.32. The van der Waals surface area contributed by atoms with Crippen LogP contribution in [0.5, 0.6) is 0 Å². The van der Waals surface area contributed by atoms with Crippen LogP contribution in [0.4, 0.5) is 5.69 Å². The number of pyridine rings is 1. The van der Waals surface area contributed by atoms with Gasteiger partial charge >= 0.3 is 0 Å². The van der Waals surface area contributed by atoms with Crippen molar-refractivity contribution in [2.24, 2.45) is 0 Å². The molecule has 6 heteroatoms. The molecule has 1 atom stereocenters. The van der Waals surface area contributed by atoms with E-state index in [1.165, 1.54) is 6.07 Å². The van der Waals surface area contributed by atoms with Crippen LogP contribution in [0.15, 0.2) is 23.1 Å². The molecule has 2 fully saturated rings. The zero-order valence-electron chi connectivity index (χ0n) is 12.2. The maximum absolute atomic E-state index is 11.7. The van der Waals surface area contributed by atoms with Crippen LogP contribution in [0.1, 0.15) is 19.3 Å². The van der Waals surface area contributed by atoms with E-state index in [2.05, 4.69) is 4.90 Å². The Hall–Kier alpha value is -1.82. The van der Waals surface area contributed by atoms with E-state index in [9.17, 15) is 9.59 Å². The summed E-state index contributed by atoms with van der Waals surface area (Å²) in [5.74, 6) is 0.311. The highest BCUT2D eigenvalue weighted by atomic mass is 16.2. The molecule has 0 bridgehead atoms. The topological polar surface area (TPSA) is 71.6 Å². The molecular weight excluding hydrogens is 268 g/mol. The van der Waals surface area contributed by atoms with Crippen LogP contribution < -0.4 is 11.3 Å². The van der Waals surface area contributed by atoms with E-state index in [1.54, 1.807) is 16.8 Å². The largest absolute Gasteiger partial charge is 0.398 e. The van der Waals surface area contributed by atoms with Gasteiger partial charge in [0.15, 0.2) is 0 Å². The summed E-state index contributed by atoms with van der Waals surface area (Å²) in [7, 11) is 0. The van der Waals surface area contributed by atoms with Gasteiger partial charge in [-0.05, 0) is 25.5 Å². The van der Waals surface area contributed by atoms with E-state index < -0.39 is 0 Å². The SMILES string of the molecule is Nc1ccc(=O)n(CCCN2CCN3C(=O)CCC3C2)c1. The molecule has 0 aromatic carbocycles. The molecule has 0 spiro atoms. The van der Waals surface area contributed by atoms with E-state index in [0.717, 1.165) is 39.0 Å². The van der Waals surface area contributed by atoms with Gasteiger partial charge in [0, 0.05) is 56.6 Å². The highest BCUT2D eigenvalue weighted by Gasteiger charge is 2.34. The maximum atomic E-state index is 11.7. The van der Waals surface area contributed by atoms with Crippen molar-refractivity contribution in [3.63, 3.8) is 0 Å². The third kappa shape index (κ3) is 3.10. The van der Waals surface area contributed by atoms with Gasteiger partial charge < -0.3 is 15.2 Å². The smallest absolute Gasteiger partial charge is 0.250 e. The number of hydrogen-bond donors (Lipinski definition) is 1. The van der Waals surface area contributed by atoms with E-state index in [0.29, 0.717) is 30.6 Å². The average Bonchev–Trinajstić information content (AvgIpc) is 2.84. The van der Waals surface area contributed by atoms with Crippen LogP contribution in [0.2, 0.25) is 0 Å². The second-order valence-electron chi connectivity index (χ2n) is 5.93. The molecule has 0 aliphatic carbocycles. The fourth-order valence-corrected chi connectivity index (χ4v) is 3.32. The summed E-state index contributed by atoms with van der Waals surface area (Å²) in [6.45, 7) is 4.40. The van der Waals surface area contributed by atoms with Crippen LogP contribution in [0.3, 0.4) is 0 Å². The maximum Gasteiger partial charge on any atom is 0.250 e. The molecule has 2 aliphatic rings. The number of carbonyl (C=O) groups is 1. The molecular formula is C15H22N4O2. The first kappa shape index (κ1) is 14.1. The summed E-state index contributed by atoms with van der Waals surface area (Å²) < 4.78 is 1.67. The number of aryl methyl sites for hydroxylation is 1. The van der Waals surface area contributed by atoms with Crippen molar-refractivity contribution in [2.45, 2.75) is 31.8 Å². The molecule has 1 amide bonds. The van der Waals surface area contributed by atoms with Crippen LogP contribution in [-0.4, -0.2) is 52.5 Å². The van der Waals surface area contributed by atoms with Crippen molar-refractivity contribution in [3.8, 4) is 0 Å². The number of nitrogens with zero attached hydrogens (tertiary/aromatic N) is 3. The molecule has 3 heterocycles. The molecule has 1 unspecified atom stereocenters. The van der Waals surface area contributed by atoms with Gasteiger partial charge in [-0.25, -0.2) is 0 Å². The number of carbonyl (C=O) groups excluding carboxylic acids is 1. The highest BCUT2D eigenvalue weighted by Crippen LogP contribution is 2.22. The quantitative estimate of drug-likeness (QED) is 0.855. The number of nitrogen functional groups attached to an aromatic ring is 1. The molecule has 2 aliphatic heterocycles. The number of rotatable bonds is 4. The number of aromatic nitrogens is 1. The zero-order chi connectivity index (χ0) is 14.8. The third-order valence-corrected chi connectivity index (χ3v) is 4.46. The summed E-state index contributed by atoms with van der Waals surface area (Å²) in [5, 5.41) is 0. The predicted octanol–water partition coefficient (Wildman–Crippen LogP) is 0.127. The minimum absolute atomic E-state index is 0.00425. The van der Waals surface area contributed by atoms with Crippen LogP contribution in [-0.2, 0) is 11.3 Å². The van der Waals surface area contributed by atoms with E-state index in [4.69, 9.17) is 5.73 Å². The Morgan fingerprint density at radius 1 is 1.19 bits per heavy atom. The van der Waals surface area contributed by atoms with Crippen molar-refractivity contribution in [3.05, 3.63) is 28.7 Å². The standard InChI is InChI=1S/C15H22N4O2/c16-12-2-4-14(20)18(10-12)7-1-6-17-8-9-19-13(11-17)3-5-15(19)21/h2,4,10,13H,1,3,5-9,11,16H2. The molecule has 21 heavy (non-hydrogen) atoms. The Morgan fingerprint density at radius 3 is 2.90 bits per heavy atom. The summed E-state index contributed by atoms with van der Waals surface area (Å²) in [6.07, 6.45) is 4.32. The van der Waals surface area contributed by atoms with Gasteiger partial charge in [-0.3, -0.25) is 14.5 Å². The predicted molar refractivity (Wildman–Crippen MR) is 80.9 cm³/mol. The van der Waals surface area contributed by atoms with Gasteiger partial charge in [-0.1, -0.05) is 0 Å². The van der Waals surface area contributed by atoms with Crippen molar-refractivity contribution < 1.29 is 4.79 Å². The average molecular weight is 290 g/mol. The number of amides is 1. The second-order valence-corrected chi connectivity index (χ2v) is 5.93. The van der Waals surface area contributed by atoms with E-state index in [1.807, 2.05) is 4.90 Å². The van der Waals surface area contributed by atoms with Crippen molar-refractivity contribution in [1.82, 2.24) is 14.4 Å². The molecule has 3 rings (SSSR count). The van der Waals surface area contributed by atoms with Gasteiger partial charge in [-0.2, -0.15) is 0 Å². The van der Waals surface area contributed by atoms with Gasteiger partial charge in [0.25, 0.3) is 5.56 Å². The van der Waals surface area contributed by atoms with Crippen LogP contribution in [0.25, 0.3) is 0 Å². The summed E-state index contributed by atoms with van der Waals surface area (Å²) >= 11 is 0. The highest BCUT2D eigenvalue weighted by molar-refractivity contribution is 5.78. The molecule has 2 N–H and O–H groups in total. The summed E-state index contributed by atoms with van der Waals surface area (Å²) in [6, 6.07) is 3.55. The Kier molecular flexibility index (Phi) is 3.96. The minimum Gasteiger partial charge on any atom is -0.398 e. The Balaban J connectivity index is 1.49. The zero-order valence-corrected chi connectivity index (χ0v) is 12.2. The fourth-order valence-electron chi connectivity index (χ4n) is 3.32. The third-order valence-electron chi connectivity index (χ3n) is 4.46. The molecule has 0 saturated carbocycles. The Labute approximate surface area is 124 Å². The first-order chi connectivity index (χ1) is 10.1. The van der Waals surface area contributed by atoms with Crippen LogP contribution in [0, 0.1) is 0 Å². The van der Waals surface area contributed by atoms with E-state index >= 15 is 0 Å². The number of nitrogens with two attached hydrogens (primary N) is 1. The molecule has 1 aromatic heterocycles. The molecule has 2 saturated heterocycles. The first-order valence-electron chi connectivity index (χ1n) is 7.61.